The van der Waals surface area contributed by atoms with E-state index in [9.17, 15) is 4.79 Å². The Morgan fingerprint density at radius 2 is 1.90 bits per heavy atom. The Morgan fingerprint density at radius 1 is 1.14 bits per heavy atom. The SMILES string of the molecule is COCCN(Cc1ccccc1)C(=O)c1cccc(C)n1. The number of carbonyl (C=O) groups excluding carboxylic acids is 1. The van der Waals surface area contributed by atoms with E-state index in [4.69, 9.17) is 4.74 Å². The van der Waals surface area contributed by atoms with E-state index in [1.807, 2.05) is 49.4 Å². The molecular formula is C17H20N2O2. The predicted octanol–water partition coefficient (Wildman–Crippen LogP) is 2.68. The van der Waals surface area contributed by atoms with Gasteiger partial charge in [-0.05, 0) is 24.6 Å². The summed E-state index contributed by atoms with van der Waals surface area (Å²) in [4.78, 5) is 18.7. The molecule has 0 bridgehead atoms. The third-order valence-electron chi connectivity index (χ3n) is 3.18. The average molecular weight is 284 g/mol. The highest BCUT2D eigenvalue weighted by atomic mass is 16.5. The summed E-state index contributed by atoms with van der Waals surface area (Å²) in [6.45, 7) is 3.48. The van der Waals surface area contributed by atoms with Gasteiger partial charge in [0.05, 0.1) is 6.61 Å². The lowest BCUT2D eigenvalue weighted by molar-refractivity contribution is 0.0674. The molecule has 0 spiro atoms. The predicted molar refractivity (Wildman–Crippen MR) is 82.0 cm³/mol. The Bertz CT molecular complexity index is 584. The lowest BCUT2D eigenvalue weighted by atomic mass is 10.2. The quantitative estimate of drug-likeness (QED) is 0.819. The summed E-state index contributed by atoms with van der Waals surface area (Å²) in [6.07, 6.45) is 0. The molecule has 0 N–H and O–H groups in total. The van der Waals surface area contributed by atoms with Crippen molar-refractivity contribution in [1.82, 2.24) is 9.88 Å². The molecule has 2 rings (SSSR count). The lowest BCUT2D eigenvalue weighted by Gasteiger charge is -2.22. The lowest BCUT2D eigenvalue weighted by Crippen LogP contribution is -2.34. The maximum absolute atomic E-state index is 12.6. The monoisotopic (exact) mass is 284 g/mol. The maximum atomic E-state index is 12.6. The normalized spacial score (nSPS) is 10.4. The summed E-state index contributed by atoms with van der Waals surface area (Å²) in [5, 5.41) is 0. The van der Waals surface area contributed by atoms with Crippen molar-refractivity contribution in [3.05, 3.63) is 65.5 Å². The van der Waals surface area contributed by atoms with E-state index >= 15 is 0 Å². The standard InChI is InChI=1S/C17H20N2O2/c1-14-7-6-10-16(18-14)17(20)19(11-12-21-2)13-15-8-4-3-5-9-15/h3-10H,11-13H2,1-2H3. The van der Waals surface area contributed by atoms with Crippen molar-refractivity contribution in [1.29, 1.82) is 0 Å². The van der Waals surface area contributed by atoms with Gasteiger partial charge < -0.3 is 9.64 Å². The van der Waals surface area contributed by atoms with Crippen LogP contribution in [0, 0.1) is 6.92 Å². The number of rotatable bonds is 6. The fourth-order valence-corrected chi connectivity index (χ4v) is 2.08. The highest BCUT2D eigenvalue weighted by molar-refractivity contribution is 5.92. The van der Waals surface area contributed by atoms with Gasteiger partial charge >= 0.3 is 0 Å². The highest BCUT2D eigenvalue weighted by Gasteiger charge is 2.17. The first kappa shape index (κ1) is 15.2. The van der Waals surface area contributed by atoms with Crippen LogP contribution in [-0.2, 0) is 11.3 Å². The number of carbonyl (C=O) groups is 1. The zero-order chi connectivity index (χ0) is 15.1. The van der Waals surface area contributed by atoms with Crippen molar-refractivity contribution in [2.75, 3.05) is 20.3 Å². The summed E-state index contributed by atoms with van der Waals surface area (Å²) in [6, 6.07) is 15.4. The second kappa shape index (κ2) is 7.55. The molecule has 0 radical (unpaired) electrons. The fraction of sp³-hybridized carbons (Fsp3) is 0.294. The van der Waals surface area contributed by atoms with Crippen molar-refractivity contribution >= 4 is 5.91 Å². The summed E-state index contributed by atoms with van der Waals surface area (Å²) in [7, 11) is 1.64. The first-order valence-corrected chi connectivity index (χ1v) is 6.96. The van der Waals surface area contributed by atoms with E-state index in [0.29, 0.717) is 25.4 Å². The summed E-state index contributed by atoms with van der Waals surface area (Å²) in [5.74, 6) is -0.0698. The van der Waals surface area contributed by atoms with Crippen molar-refractivity contribution in [2.24, 2.45) is 0 Å². The van der Waals surface area contributed by atoms with Crippen molar-refractivity contribution < 1.29 is 9.53 Å². The van der Waals surface area contributed by atoms with Gasteiger partial charge in [-0.25, -0.2) is 4.98 Å². The second-order valence-corrected chi connectivity index (χ2v) is 4.87. The molecule has 0 unspecified atom stereocenters. The van der Waals surface area contributed by atoms with Crippen LogP contribution < -0.4 is 0 Å². The number of nitrogens with zero attached hydrogens (tertiary/aromatic N) is 2. The molecule has 0 aliphatic rings. The van der Waals surface area contributed by atoms with Gasteiger partial charge in [-0.15, -0.1) is 0 Å². The van der Waals surface area contributed by atoms with E-state index < -0.39 is 0 Å². The highest BCUT2D eigenvalue weighted by Crippen LogP contribution is 2.09. The maximum Gasteiger partial charge on any atom is 0.272 e. The van der Waals surface area contributed by atoms with Gasteiger partial charge in [0.15, 0.2) is 0 Å². The zero-order valence-electron chi connectivity index (χ0n) is 12.5. The van der Waals surface area contributed by atoms with Crippen molar-refractivity contribution in [2.45, 2.75) is 13.5 Å². The van der Waals surface area contributed by atoms with Crippen LogP contribution in [0.5, 0.6) is 0 Å². The number of pyridine rings is 1. The molecule has 0 saturated heterocycles. The Morgan fingerprint density at radius 3 is 2.57 bits per heavy atom. The number of aryl methyl sites for hydroxylation is 1. The first-order chi connectivity index (χ1) is 10.2. The average Bonchev–Trinajstić information content (AvgIpc) is 2.51. The molecule has 1 aromatic heterocycles. The first-order valence-electron chi connectivity index (χ1n) is 6.96. The molecule has 0 aliphatic carbocycles. The van der Waals surface area contributed by atoms with Crippen LogP contribution in [0.25, 0.3) is 0 Å². The van der Waals surface area contributed by atoms with Gasteiger partial charge in [-0.1, -0.05) is 36.4 Å². The molecule has 1 heterocycles. The van der Waals surface area contributed by atoms with Gasteiger partial charge in [0.25, 0.3) is 5.91 Å². The molecule has 21 heavy (non-hydrogen) atoms. The number of amides is 1. The van der Waals surface area contributed by atoms with E-state index in [2.05, 4.69) is 4.98 Å². The molecule has 0 saturated carbocycles. The van der Waals surface area contributed by atoms with E-state index in [-0.39, 0.29) is 5.91 Å². The van der Waals surface area contributed by atoms with Crippen molar-refractivity contribution in [3.8, 4) is 0 Å². The van der Waals surface area contributed by atoms with Crippen LogP contribution >= 0.6 is 0 Å². The molecule has 4 nitrogen and oxygen atoms in total. The van der Waals surface area contributed by atoms with Crippen LogP contribution in [-0.4, -0.2) is 36.1 Å². The Labute approximate surface area is 125 Å². The minimum absolute atomic E-state index is 0.0698. The number of aromatic nitrogens is 1. The van der Waals surface area contributed by atoms with Crippen LogP contribution in [0.15, 0.2) is 48.5 Å². The largest absolute Gasteiger partial charge is 0.383 e. The summed E-state index contributed by atoms with van der Waals surface area (Å²) in [5.41, 5.74) is 2.41. The van der Waals surface area contributed by atoms with Crippen molar-refractivity contribution in [3.63, 3.8) is 0 Å². The number of hydrogen-bond donors (Lipinski definition) is 0. The van der Waals surface area contributed by atoms with Gasteiger partial charge in [0.2, 0.25) is 0 Å². The Kier molecular flexibility index (Phi) is 5.46. The van der Waals surface area contributed by atoms with E-state index in [1.54, 1.807) is 18.1 Å². The minimum Gasteiger partial charge on any atom is -0.383 e. The number of methoxy groups -OCH3 is 1. The number of ether oxygens (including phenoxy) is 1. The van der Waals surface area contributed by atoms with Crippen LogP contribution in [0.4, 0.5) is 0 Å². The molecule has 4 heteroatoms. The molecule has 110 valence electrons. The molecule has 1 aromatic carbocycles. The number of hydrogen-bond acceptors (Lipinski definition) is 3. The number of benzene rings is 1. The smallest absolute Gasteiger partial charge is 0.272 e. The molecule has 0 fully saturated rings. The summed E-state index contributed by atoms with van der Waals surface area (Å²) < 4.78 is 5.11. The molecule has 0 aliphatic heterocycles. The molecule has 1 amide bonds. The van der Waals surface area contributed by atoms with Gasteiger partial charge in [0, 0.05) is 25.9 Å². The summed E-state index contributed by atoms with van der Waals surface area (Å²) >= 11 is 0. The Hall–Kier alpha value is -2.20. The van der Waals surface area contributed by atoms with E-state index in [0.717, 1.165) is 11.3 Å². The Balaban J connectivity index is 2.17. The van der Waals surface area contributed by atoms with Gasteiger partial charge in [0.1, 0.15) is 5.69 Å². The fourth-order valence-electron chi connectivity index (χ4n) is 2.08. The van der Waals surface area contributed by atoms with Crippen LogP contribution in [0.2, 0.25) is 0 Å². The topological polar surface area (TPSA) is 42.4 Å². The van der Waals surface area contributed by atoms with Gasteiger partial charge in [-0.2, -0.15) is 0 Å². The van der Waals surface area contributed by atoms with E-state index in [1.165, 1.54) is 0 Å². The van der Waals surface area contributed by atoms with Gasteiger partial charge in [-0.3, -0.25) is 4.79 Å². The molecule has 0 atom stereocenters. The zero-order valence-corrected chi connectivity index (χ0v) is 12.5. The van der Waals surface area contributed by atoms with Crippen LogP contribution in [0.3, 0.4) is 0 Å². The molecular weight excluding hydrogens is 264 g/mol. The molecule has 2 aromatic rings. The second-order valence-electron chi connectivity index (χ2n) is 4.87. The van der Waals surface area contributed by atoms with Crippen LogP contribution in [0.1, 0.15) is 21.7 Å². The third kappa shape index (κ3) is 4.39. The third-order valence-corrected chi connectivity index (χ3v) is 3.18. The minimum atomic E-state index is -0.0698.